The van der Waals surface area contributed by atoms with Gasteiger partial charge in [-0.1, -0.05) is 19.9 Å². The van der Waals surface area contributed by atoms with Crippen molar-refractivity contribution in [2.45, 2.75) is 45.5 Å². The highest BCUT2D eigenvalue weighted by Crippen LogP contribution is 2.18. The van der Waals surface area contributed by atoms with E-state index in [-0.39, 0.29) is 10.9 Å². The van der Waals surface area contributed by atoms with Gasteiger partial charge in [0, 0.05) is 6.21 Å². The zero-order valence-corrected chi connectivity index (χ0v) is 9.18. The van der Waals surface area contributed by atoms with Gasteiger partial charge in [-0.3, -0.25) is 4.99 Å². The molecule has 0 N–H and O–H groups in total. The number of hydrogen-bond donors (Lipinski definition) is 0. The van der Waals surface area contributed by atoms with Gasteiger partial charge in [0.05, 0.1) is 5.54 Å². The van der Waals surface area contributed by atoms with Crippen molar-refractivity contribution in [3.05, 3.63) is 12.2 Å². The molecule has 0 amide bonds. The molecule has 0 bridgehead atoms. The SMILES string of the molecule is BC(C)(C)/C=C\C=N/C(C)(C)C. The van der Waals surface area contributed by atoms with Crippen molar-refractivity contribution >= 4 is 14.1 Å². The summed E-state index contributed by atoms with van der Waals surface area (Å²) < 4.78 is 0. The van der Waals surface area contributed by atoms with Gasteiger partial charge in [-0.2, -0.15) is 0 Å². The molecule has 0 aliphatic heterocycles. The number of nitrogens with zero attached hydrogens (tertiary/aromatic N) is 1. The van der Waals surface area contributed by atoms with E-state index >= 15 is 0 Å². The van der Waals surface area contributed by atoms with Crippen molar-refractivity contribution in [2.24, 2.45) is 4.99 Å². The topological polar surface area (TPSA) is 12.4 Å². The maximum absolute atomic E-state index is 4.35. The van der Waals surface area contributed by atoms with Crippen LogP contribution in [0.5, 0.6) is 0 Å². The molecule has 1 nitrogen and oxygen atoms in total. The van der Waals surface area contributed by atoms with Crippen LogP contribution >= 0.6 is 0 Å². The molecule has 12 heavy (non-hydrogen) atoms. The van der Waals surface area contributed by atoms with Crippen LogP contribution in [0.15, 0.2) is 17.1 Å². The van der Waals surface area contributed by atoms with E-state index in [2.05, 4.69) is 53.5 Å². The predicted octanol–water partition coefficient (Wildman–Crippen LogP) is 2.24. The molecule has 68 valence electrons. The lowest BCUT2D eigenvalue weighted by Gasteiger charge is -2.11. The Morgan fingerprint density at radius 1 is 1.08 bits per heavy atom. The molecular weight excluding hydrogens is 145 g/mol. The summed E-state index contributed by atoms with van der Waals surface area (Å²) in [5.41, 5.74) is 0.0439. The van der Waals surface area contributed by atoms with E-state index in [1.54, 1.807) is 0 Å². The summed E-state index contributed by atoms with van der Waals surface area (Å²) in [5.74, 6) is 0. The lowest BCUT2D eigenvalue weighted by molar-refractivity contribution is 0.587. The van der Waals surface area contributed by atoms with Crippen molar-refractivity contribution in [1.82, 2.24) is 0 Å². The first-order valence-corrected chi connectivity index (χ1v) is 4.44. The Bertz CT molecular complexity index is 157. The molecule has 0 spiro atoms. The fourth-order valence-electron chi connectivity index (χ4n) is 0.598. The largest absolute Gasteiger partial charge is 0.287 e. The Morgan fingerprint density at radius 3 is 1.92 bits per heavy atom. The van der Waals surface area contributed by atoms with Crippen LogP contribution in [0.25, 0.3) is 0 Å². The minimum atomic E-state index is 0.0439. The highest BCUT2D eigenvalue weighted by Gasteiger charge is 2.04. The fourth-order valence-corrected chi connectivity index (χ4v) is 0.598. The summed E-state index contributed by atoms with van der Waals surface area (Å²) in [5, 5.41) is 0.254. The molecule has 0 radical (unpaired) electrons. The lowest BCUT2D eigenvalue weighted by Crippen LogP contribution is -2.08. The Kier molecular flexibility index (Phi) is 3.76. The molecule has 0 saturated carbocycles. The van der Waals surface area contributed by atoms with E-state index in [0.29, 0.717) is 0 Å². The van der Waals surface area contributed by atoms with Crippen LogP contribution in [0.4, 0.5) is 0 Å². The maximum Gasteiger partial charge on any atom is 0.113 e. The van der Waals surface area contributed by atoms with Gasteiger partial charge in [0.25, 0.3) is 0 Å². The molecule has 0 fully saturated rings. The van der Waals surface area contributed by atoms with Gasteiger partial charge in [0.2, 0.25) is 0 Å². The minimum absolute atomic E-state index is 0.0439. The first kappa shape index (κ1) is 11.5. The summed E-state index contributed by atoms with van der Waals surface area (Å²) in [6.07, 6.45) is 6.05. The monoisotopic (exact) mass is 165 g/mol. The van der Waals surface area contributed by atoms with Crippen LogP contribution in [0.2, 0.25) is 5.31 Å². The number of hydrogen-bond acceptors (Lipinski definition) is 1. The molecule has 0 atom stereocenters. The molecule has 0 unspecified atom stereocenters. The maximum atomic E-state index is 4.35. The third-order valence-electron chi connectivity index (χ3n) is 1.14. The second-order valence-corrected chi connectivity index (χ2v) is 5.17. The molecule has 0 aromatic rings. The Labute approximate surface area is 77.4 Å². The highest BCUT2D eigenvalue weighted by atomic mass is 14.8. The van der Waals surface area contributed by atoms with Gasteiger partial charge >= 0.3 is 0 Å². The van der Waals surface area contributed by atoms with Crippen molar-refractivity contribution in [2.75, 3.05) is 0 Å². The average Bonchev–Trinajstić information content (AvgIpc) is 1.76. The summed E-state index contributed by atoms with van der Waals surface area (Å²) >= 11 is 0. The van der Waals surface area contributed by atoms with Crippen LogP contribution in [0.1, 0.15) is 34.6 Å². The molecule has 0 rings (SSSR count). The summed E-state index contributed by atoms with van der Waals surface area (Å²) in [7, 11) is 2.18. The first-order chi connectivity index (χ1) is 5.21. The van der Waals surface area contributed by atoms with Gasteiger partial charge in [-0.05, 0) is 32.2 Å². The Morgan fingerprint density at radius 2 is 1.58 bits per heavy atom. The smallest absolute Gasteiger partial charge is 0.113 e. The van der Waals surface area contributed by atoms with Crippen molar-refractivity contribution in [3.8, 4) is 0 Å². The summed E-state index contributed by atoms with van der Waals surface area (Å²) in [6.45, 7) is 10.6. The van der Waals surface area contributed by atoms with Gasteiger partial charge in [-0.25, -0.2) is 0 Å². The Balaban J connectivity index is 4.00. The third kappa shape index (κ3) is 9.47. The third-order valence-corrected chi connectivity index (χ3v) is 1.14. The molecule has 0 aliphatic rings. The van der Waals surface area contributed by atoms with Gasteiger partial charge in [-0.15, -0.1) is 0 Å². The van der Waals surface area contributed by atoms with Crippen LogP contribution in [0, 0.1) is 0 Å². The Hall–Kier alpha value is -0.525. The van der Waals surface area contributed by atoms with Crippen LogP contribution in [-0.2, 0) is 0 Å². The second-order valence-electron chi connectivity index (χ2n) is 5.17. The first-order valence-electron chi connectivity index (χ1n) is 4.44. The second kappa shape index (κ2) is 3.93. The highest BCUT2D eigenvalue weighted by molar-refractivity contribution is 6.16. The standard InChI is InChI=1S/C10H20BN/c1-9(2,3)12-8-6-7-10(4,5)11/h6-8H,11H2,1-5H3/b7-6-,12-8-. The van der Waals surface area contributed by atoms with Crippen molar-refractivity contribution in [1.29, 1.82) is 0 Å². The van der Waals surface area contributed by atoms with E-state index in [4.69, 9.17) is 0 Å². The molecule has 0 saturated heterocycles. The zero-order chi connectivity index (χ0) is 9.83. The predicted molar refractivity (Wildman–Crippen MR) is 60.0 cm³/mol. The summed E-state index contributed by atoms with van der Waals surface area (Å²) in [6, 6.07) is 0. The van der Waals surface area contributed by atoms with E-state index < -0.39 is 0 Å². The average molecular weight is 165 g/mol. The van der Waals surface area contributed by atoms with Gasteiger partial charge in [0.1, 0.15) is 7.85 Å². The molecule has 0 aromatic heterocycles. The van der Waals surface area contributed by atoms with E-state index in [0.717, 1.165) is 0 Å². The van der Waals surface area contributed by atoms with Crippen molar-refractivity contribution in [3.63, 3.8) is 0 Å². The van der Waals surface area contributed by atoms with E-state index in [9.17, 15) is 0 Å². The molecule has 0 heterocycles. The molecule has 0 aliphatic carbocycles. The van der Waals surface area contributed by atoms with Crippen LogP contribution in [-0.4, -0.2) is 19.6 Å². The van der Waals surface area contributed by atoms with E-state index in [1.165, 1.54) is 0 Å². The number of aliphatic imine (C=N–C) groups is 1. The normalized spacial score (nSPS) is 14.8. The number of allylic oxidation sites excluding steroid dienone is 2. The van der Waals surface area contributed by atoms with Gasteiger partial charge in [0.15, 0.2) is 0 Å². The molecule has 0 aromatic carbocycles. The summed E-state index contributed by atoms with van der Waals surface area (Å²) in [4.78, 5) is 4.35. The van der Waals surface area contributed by atoms with Crippen LogP contribution in [0.3, 0.4) is 0 Å². The minimum Gasteiger partial charge on any atom is -0.287 e. The lowest BCUT2D eigenvalue weighted by atomic mass is 9.72. The van der Waals surface area contributed by atoms with Crippen molar-refractivity contribution < 1.29 is 0 Å². The fraction of sp³-hybridized carbons (Fsp3) is 0.700. The zero-order valence-electron chi connectivity index (χ0n) is 9.18. The quantitative estimate of drug-likeness (QED) is 0.439. The van der Waals surface area contributed by atoms with E-state index in [1.807, 2.05) is 12.3 Å². The van der Waals surface area contributed by atoms with Gasteiger partial charge < -0.3 is 0 Å². The molecule has 2 heteroatoms. The number of rotatable bonds is 2. The molecular formula is C10H20BN. The van der Waals surface area contributed by atoms with Crippen LogP contribution < -0.4 is 0 Å².